The second-order valence-electron chi connectivity index (χ2n) is 4.93. The topological polar surface area (TPSA) is 74.8 Å². The van der Waals surface area contributed by atoms with Crippen LogP contribution in [0.4, 0.5) is 5.69 Å². The van der Waals surface area contributed by atoms with Crippen molar-refractivity contribution in [3.8, 4) is 11.4 Å². The molecule has 3 rings (SSSR count). The van der Waals surface area contributed by atoms with Gasteiger partial charge in [0.05, 0.1) is 4.90 Å². The first-order chi connectivity index (χ1) is 10.5. The predicted molar refractivity (Wildman–Crippen MR) is 86.0 cm³/mol. The molecule has 2 aromatic carbocycles. The van der Waals surface area contributed by atoms with Crippen LogP contribution in [0, 0.1) is 6.92 Å². The summed E-state index contributed by atoms with van der Waals surface area (Å²) in [5, 5.41) is 0. The quantitative estimate of drug-likeness (QED) is 0.777. The van der Waals surface area contributed by atoms with Gasteiger partial charge in [0.2, 0.25) is 0 Å². The molecule has 0 fully saturated rings. The molecule has 0 aliphatic rings. The minimum absolute atomic E-state index is 0.244. The molecule has 0 saturated heterocycles. The fraction of sp³-hybridized carbons (Fsp3) is 0.0625. The van der Waals surface area contributed by atoms with Gasteiger partial charge in [0.25, 0.3) is 10.0 Å². The molecule has 0 saturated carbocycles. The number of nitrogens with zero attached hydrogens (tertiary/aromatic N) is 1. The Labute approximate surface area is 129 Å². The van der Waals surface area contributed by atoms with Crippen LogP contribution in [0.3, 0.4) is 0 Å². The molecule has 6 heteroatoms. The monoisotopic (exact) mass is 313 g/mol. The Kier molecular flexibility index (Phi) is 3.68. The van der Waals surface area contributed by atoms with E-state index in [0.29, 0.717) is 5.69 Å². The largest absolute Gasteiger partial charge is 0.345 e. The highest BCUT2D eigenvalue weighted by molar-refractivity contribution is 7.92. The Morgan fingerprint density at radius 1 is 1.00 bits per heavy atom. The molecule has 5 nitrogen and oxygen atoms in total. The molecule has 0 aliphatic heterocycles. The smallest absolute Gasteiger partial charge is 0.261 e. The molecule has 0 aliphatic carbocycles. The van der Waals surface area contributed by atoms with Gasteiger partial charge in [-0.1, -0.05) is 17.7 Å². The van der Waals surface area contributed by atoms with E-state index in [2.05, 4.69) is 14.7 Å². The molecule has 1 aromatic heterocycles. The highest BCUT2D eigenvalue weighted by Crippen LogP contribution is 2.20. The van der Waals surface area contributed by atoms with E-state index in [9.17, 15) is 8.42 Å². The number of hydrogen-bond acceptors (Lipinski definition) is 3. The average molecular weight is 313 g/mol. The van der Waals surface area contributed by atoms with Gasteiger partial charge in [0.15, 0.2) is 0 Å². The zero-order valence-electron chi connectivity index (χ0n) is 11.9. The Balaban J connectivity index is 1.82. The van der Waals surface area contributed by atoms with Crippen molar-refractivity contribution in [2.24, 2.45) is 0 Å². The summed E-state index contributed by atoms with van der Waals surface area (Å²) >= 11 is 0. The number of anilines is 1. The van der Waals surface area contributed by atoms with Crippen LogP contribution in [0.1, 0.15) is 5.56 Å². The molecule has 0 radical (unpaired) electrons. The third-order valence-electron chi connectivity index (χ3n) is 3.24. The maximum atomic E-state index is 12.3. The number of sulfonamides is 1. The summed E-state index contributed by atoms with van der Waals surface area (Å²) in [5.74, 6) is 0.743. The summed E-state index contributed by atoms with van der Waals surface area (Å²) in [5.41, 5.74) is 2.42. The first kappa shape index (κ1) is 14.3. The van der Waals surface area contributed by atoms with Gasteiger partial charge < -0.3 is 4.98 Å². The molecule has 1 heterocycles. The van der Waals surface area contributed by atoms with Crippen LogP contribution in [0.15, 0.2) is 65.8 Å². The minimum atomic E-state index is -3.57. The molecule has 0 unspecified atom stereocenters. The maximum absolute atomic E-state index is 12.3. The molecule has 0 atom stereocenters. The molecule has 0 bridgehead atoms. The van der Waals surface area contributed by atoms with Crippen LogP contribution in [-0.2, 0) is 10.0 Å². The van der Waals surface area contributed by atoms with E-state index in [1.807, 2.05) is 19.1 Å². The van der Waals surface area contributed by atoms with Crippen LogP contribution in [0.5, 0.6) is 0 Å². The molecule has 0 spiro atoms. The van der Waals surface area contributed by atoms with Crippen molar-refractivity contribution in [3.05, 3.63) is 66.5 Å². The van der Waals surface area contributed by atoms with E-state index in [1.54, 1.807) is 48.8 Å². The summed E-state index contributed by atoms with van der Waals surface area (Å²) in [4.78, 5) is 7.40. The first-order valence-corrected chi connectivity index (χ1v) is 8.22. The Hall–Kier alpha value is -2.60. The van der Waals surface area contributed by atoms with Crippen molar-refractivity contribution in [2.45, 2.75) is 11.8 Å². The Morgan fingerprint density at radius 2 is 1.68 bits per heavy atom. The van der Waals surface area contributed by atoms with Gasteiger partial charge in [-0.15, -0.1) is 0 Å². The number of nitrogens with one attached hydrogen (secondary N) is 2. The standard InChI is InChI=1S/C16H15N3O2S/c1-12-2-8-15(9-3-12)22(20,21)19-14-6-4-13(5-7-14)16-17-10-11-18-16/h2-11,19H,1H3,(H,17,18). The SMILES string of the molecule is Cc1ccc(S(=O)(=O)Nc2ccc(-c3ncc[nH]3)cc2)cc1. The van der Waals surface area contributed by atoms with E-state index in [1.165, 1.54) is 0 Å². The van der Waals surface area contributed by atoms with E-state index in [-0.39, 0.29) is 4.90 Å². The summed E-state index contributed by atoms with van der Waals surface area (Å²) in [6.45, 7) is 1.91. The first-order valence-electron chi connectivity index (χ1n) is 6.74. The van der Waals surface area contributed by atoms with Gasteiger partial charge in [0, 0.05) is 23.6 Å². The third-order valence-corrected chi connectivity index (χ3v) is 4.64. The van der Waals surface area contributed by atoms with Crippen molar-refractivity contribution < 1.29 is 8.42 Å². The number of aryl methyl sites for hydroxylation is 1. The number of aromatic amines is 1. The van der Waals surface area contributed by atoms with E-state index in [4.69, 9.17) is 0 Å². The average Bonchev–Trinajstić information content (AvgIpc) is 3.02. The number of hydrogen-bond donors (Lipinski definition) is 2. The lowest BCUT2D eigenvalue weighted by molar-refractivity contribution is 0.601. The number of aromatic nitrogens is 2. The lowest BCUT2D eigenvalue weighted by atomic mass is 10.2. The number of rotatable bonds is 4. The second-order valence-corrected chi connectivity index (χ2v) is 6.62. The fourth-order valence-corrected chi connectivity index (χ4v) is 3.11. The predicted octanol–water partition coefficient (Wildman–Crippen LogP) is 3.19. The highest BCUT2D eigenvalue weighted by Gasteiger charge is 2.13. The molecular formula is C16H15N3O2S. The summed E-state index contributed by atoms with van der Waals surface area (Å²) < 4.78 is 27.2. The molecule has 0 amide bonds. The Bertz CT molecular complexity index is 853. The van der Waals surface area contributed by atoms with Crippen molar-refractivity contribution in [3.63, 3.8) is 0 Å². The molecule has 22 heavy (non-hydrogen) atoms. The number of benzene rings is 2. The zero-order valence-corrected chi connectivity index (χ0v) is 12.8. The molecule has 112 valence electrons. The normalized spacial score (nSPS) is 11.3. The van der Waals surface area contributed by atoms with Crippen LogP contribution in [0.2, 0.25) is 0 Å². The molecule has 3 aromatic rings. The van der Waals surface area contributed by atoms with Crippen molar-refractivity contribution >= 4 is 15.7 Å². The Morgan fingerprint density at radius 3 is 2.27 bits per heavy atom. The molecular weight excluding hydrogens is 298 g/mol. The van der Waals surface area contributed by atoms with Crippen molar-refractivity contribution in [2.75, 3.05) is 4.72 Å². The van der Waals surface area contributed by atoms with Gasteiger partial charge in [-0.05, 0) is 43.3 Å². The van der Waals surface area contributed by atoms with Crippen molar-refractivity contribution in [1.82, 2.24) is 9.97 Å². The fourth-order valence-electron chi connectivity index (χ4n) is 2.05. The van der Waals surface area contributed by atoms with Crippen molar-refractivity contribution in [1.29, 1.82) is 0 Å². The van der Waals surface area contributed by atoms with Gasteiger partial charge in [-0.25, -0.2) is 13.4 Å². The summed E-state index contributed by atoms with van der Waals surface area (Å²) in [6.07, 6.45) is 3.41. The third kappa shape index (κ3) is 3.01. The molecule has 2 N–H and O–H groups in total. The van der Waals surface area contributed by atoms with E-state index >= 15 is 0 Å². The summed E-state index contributed by atoms with van der Waals surface area (Å²) in [7, 11) is -3.57. The maximum Gasteiger partial charge on any atom is 0.261 e. The van der Waals surface area contributed by atoms with Gasteiger partial charge in [0.1, 0.15) is 5.82 Å². The summed E-state index contributed by atoms with van der Waals surface area (Å²) in [6, 6.07) is 13.8. The highest BCUT2D eigenvalue weighted by atomic mass is 32.2. The van der Waals surface area contributed by atoms with Crippen LogP contribution >= 0.6 is 0 Å². The zero-order chi connectivity index (χ0) is 15.6. The lowest BCUT2D eigenvalue weighted by Crippen LogP contribution is -2.12. The lowest BCUT2D eigenvalue weighted by Gasteiger charge is -2.08. The van der Waals surface area contributed by atoms with Gasteiger partial charge in [-0.2, -0.15) is 0 Å². The van der Waals surface area contributed by atoms with E-state index < -0.39 is 10.0 Å². The van der Waals surface area contributed by atoms with E-state index in [0.717, 1.165) is 17.0 Å². The second kappa shape index (κ2) is 5.65. The van der Waals surface area contributed by atoms with Crippen LogP contribution in [-0.4, -0.2) is 18.4 Å². The van der Waals surface area contributed by atoms with Crippen LogP contribution < -0.4 is 4.72 Å². The minimum Gasteiger partial charge on any atom is -0.345 e. The van der Waals surface area contributed by atoms with Crippen LogP contribution in [0.25, 0.3) is 11.4 Å². The number of imidazole rings is 1. The number of H-pyrrole nitrogens is 1. The van der Waals surface area contributed by atoms with Gasteiger partial charge >= 0.3 is 0 Å². The van der Waals surface area contributed by atoms with Gasteiger partial charge in [-0.3, -0.25) is 4.72 Å².